The maximum Gasteiger partial charge on any atom is 0.242 e. The molecule has 1 atom stereocenters. The first-order valence-electron chi connectivity index (χ1n) is 7.87. The summed E-state index contributed by atoms with van der Waals surface area (Å²) in [5.41, 5.74) is -0.267. The van der Waals surface area contributed by atoms with E-state index >= 15 is 0 Å². The van der Waals surface area contributed by atoms with E-state index in [1.807, 2.05) is 11.9 Å². The number of carbonyl (C=O) groups excluding carboxylic acids is 1. The average molecular weight is 267 g/mol. The van der Waals surface area contributed by atoms with Gasteiger partial charge >= 0.3 is 0 Å². The Balaban J connectivity index is 1.95. The molecule has 2 aliphatic rings. The molecular formula is C15H29N3O. The maximum atomic E-state index is 12.8. The summed E-state index contributed by atoms with van der Waals surface area (Å²) in [7, 11) is 2.01. The van der Waals surface area contributed by atoms with Crippen molar-refractivity contribution in [2.75, 3.05) is 33.2 Å². The Morgan fingerprint density at radius 1 is 1.37 bits per heavy atom. The smallest absolute Gasteiger partial charge is 0.242 e. The molecule has 110 valence electrons. The Morgan fingerprint density at radius 3 is 2.53 bits per heavy atom. The number of likely N-dealkylation sites (tertiary alicyclic amines) is 1. The van der Waals surface area contributed by atoms with Gasteiger partial charge in [0.05, 0.1) is 5.54 Å². The fourth-order valence-electron chi connectivity index (χ4n) is 3.57. The first-order chi connectivity index (χ1) is 9.13. The Bertz CT molecular complexity index is 305. The standard InChI is InChI=1S/C15H29N3O/c1-4-15(9-6-10-16-15)14(19)17(3)13-7-11-18(5-2)12-8-13/h13,16H,4-12H2,1-3H3. The molecule has 2 saturated heterocycles. The van der Waals surface area contributed by atoms with Gasteiger partial charge in [0, 0.05) is 26.2 Å². The van der Waals surface area contributed by atoms with Crippen molar-refractivity contribution in [2.24, 2.45) is 0 Å². The van der Waals surface area contributed by atoms with Gasteiger partial charge in [0.2, 0.25) is 5.91 Å². The zero-order chi connectivity index (χ0) is 13.9. The van der Waals surface area contributed by atoms with Crippen LogP contribution in [0, 0.1) is 0 Å². The maximum absolute atomic E-state index is 12.8. The number of carbonyl (C=O) groups is 1. The van der Waals surface area contributed by atoms with Gasteiger partial charge in [-0.05, 0) is 45.2 Å². The molecule has 4 heteroatoms. The van der Waals surface area contributed by atoms with Crippen molar-refractivity contribution in [3.63, 3.8) is 0 Å². The number of nitrogens with one attached hydrogen (secondary N) is 1. The van der Waals surface area contributed by atoms with Crippen LogP contribution in [0.2, 0.25) is 0 Å². The number of hydrogen-bond donors (Lipinski definition) is 1. The molecule has 0 aliphatic carbocycles. The number of piperidine rings is 1. The van der Waals surface area contributed by atoms with E-state index in [1.54, 1.807) is 0 Å². The van der Waals surface area contributed by atoms with Crippen molar-refractivity contribution < 1.29 is 4.79 Å². The van der Waals surface area contributed by atoms with Gasteiger partial charge in [-0.3, -0.25) is 4.79 Å². The van der Waals surface area contributed by atoms with Crippen molar-refractivity contribution in [2.45, 2.75) is 57.5 Å². The molecule has 1 N–H and O–H groups in total. The Hall–Kier alpha value is -0.610. The fraction of sp³-hybridized carbons (Fsp3) is 0.933. The molecule has 1 unspecified atom stereocenters. The molecule has 19 heavy (non-hydrogen) atoms. The summed E-state index contributed by atoms with van der Waals surface area (Å²) < 4.78 is 0. The Morgan fingerprint density at radius 2 is 2.05 bits per heavy atom. The zero-order valence-corrected chi connectivity index (χ0v) is 12.7. The minimum absolute atomic E-state index is 0.267. The SMILES string of the molecule is CCN1CCC(N(C)C(=O)C2(CC)CCCN2)CC1. The highest BCUT2D eigenvalue weighted by atomic mass is 16.2. The minimum Gasteiger partial charge on any atom is -0.341 e. The van der Waals surface area contributed by atoms with Crippen molar-refractivity contribution in [1.82, 2.24) is 15.1 Å². The minimum atomic E-state index is -0.267. The molecule has 1 amide bonds. The van der Waals surface area contributed by atoms with Crippen molar-refractivity contribution in [1.29, 1.82) is 0 Å². The van der Waals surface area contributed by atoms with E-state index < -0.39 is 0 Å². The zero-order valence-electron chi connectivity index (χ0n) is 12.7. The van der Waals surface area contributed by atoms with E-state index in [2.05, 4.69) is 24.1 Å². The topological polar surface area (TPSA) is 35.6 Å². The summed E-state index contributed by atoms with van der Waals surface area (Å²) in [6.07, 6.45) is 5.28. The van der Waals surface area contributed by atoms with Gasteiger partial charge in [0.15, 0.2) is 0 Å². The number of hydrogen-bond acceptors (Lipinski definition) is 3. The molecule has 0 saturated carbocycles. The second-order valence-electron chi connectivity index (χ2n) is 6.05. The summed E-state index contributed by atoms with van der Waals surface area (Å²) in [5.74, 6) is 0.322. The van der Waals surface area contributed by atoms with Gasteiger partial charge in [-0.1, -0.05) is 13.8 Å². The second kappa shape index (κ2) is 6.23. The second-order valence-corrected chi connectivity index (χ2v) is 6.05. The third-order valence-electron chi connectivity index (χ3n) is 5.13. The van der Waals surface area contributed by atoms with Crippen LogP contribution in [0.15, 0.2) is 0 Å². The van der Waals surface area contributed by atoms with Crippen LogP contribution in [0.5, 0.6) is 0 Å². The average Bonchev–Trinajstić information content (AvgIpc) is 2.96. The van der Waals surface area contributed by atoms with E-state index in [0.717, 1.165) is 58.3 Å². The van der Waals surface area contributed by atoms with E-state index in [9.17, 15) is 4.79 Å². The van der Waals surface area contributed by atoms with E-state index in [4.69, 9.17) is 0 Å². The molecule has 0 radical (unpaired) electrons. The lowest BCUT2D eigenvalue weighted by Crippen LogP contribution is -2.57. The number of amides is 1. The lowest BCUT2D eigenvalue weighted by molar-refractivity contribution is -0.139. The first-order valence-corrected chi connectivity index (χ1v) is 7.87. The van der Waals surface area contributed by atoms with Crippen LogP contribution in [0.1, 0.15) is 46.0 Å². The lowest BCUT2D eigenvalue weighted by atomic mass is 9.91. The molecule has 0 aromatic heterocycles. The first kappa shape index (κ1) is 14.8. The molecule has 2 heterocycles. The predicted molar refractivity (Wildman–Crippen MR) is 78.2 cm³/mol. The van der Waals surface area contributed by atoms with Gasteiger partial charge in [-0.15, -0.1) is 0 Å². The summed E-state index contributed by atoms with van der Waals surface area (Å²) >= 11 is 0. The van der Waals surface area contributed by atoms with Crippen molar-refractivity contribution in [3.8, 4) is 0 Å². The molecule has 2 fully saturated rings. The number of rotatable bonds is 4. The number of likely N-dealkylation sites (N-methyl/N-ethyl adjacent to an activating group) is 1. The van der Waals surface area contributed by atoms with Gasteiger partial charge < -0.3 is 15.1 Å². The molecule has 4 nitrogen and oxygen atoms in total. The molecule has 0 aromatic rings. The summed E-state index contributed by atoms with van der Waals surface area (Å²) in [6, 6.07) is 0.432. The van der Waals surface area contributed by atoms with E-state index in [0.29, 0.717) is 11.9 Å². The van der Waals surface area contributed by atoms with Crippen LogP contribution in [-0.2, 0) is 4.79 Å². The molecule has 0 spiro atoms. The summed E-state index contributed by atoms with van der Waals surface area (Å²) in [5, 5.41) is 3.46. The highest BCUT2D eigenvalue weighted by Gasteiger charge is 2.42. The van der Waals surface area contributed by atoms with Gasteiger partial charge in [0.25, 0.3) is 0 Å². The third kappa shape index (κ3) is 2.95. The highest BCUT2D eigenvalue weighted by molar-refractivity contribution is 5.86. The number of nitrogens with zero attached hydrogens (tertiary/aromatic N) is 2. The van der Waals surface area contributed by atoms with Crippen molar-refractivity contribution >= 4 is 5.91 Å². The van der Waals surface area contributed by atoms with Crippen LogP contribution in [0.4, 0.5) is 0 Å². The Kier molecular flexibility index (Phi) is 4.85. The highest BCUT2D eigenvalue weighted by Crippen LogP contribution is 2.27. The van der Waals surface area contributed by atoms with Gasteiger partial charge in [-0.25, -0.2) is 0 Å². The quantitative estimate of drug-likeness (QED) is 0.837. The molecule has 0 bridgehead atoms. The van der Waals surface area contributed by atoms with Crippen LogP contribution in [0.25, 0.3) is 0 Å². The normalized spacial score (nSPS) is 29.6. The fourth-order valence-corrected chi connectivity index (χ4v) is 3.57. The summed E-state index contributed by atoms with van der Waals surface area (Å²) in [6.45, 7) is 8.72. The predicted octanol–water partition coefficient (Wildman–Crippen LogP) is 1.46. The monoisotopic (exact) mass is 267 g/mol. The third-order valence-corrected chi connectivity index (χ3v) is 5.13. The summed E-state index contributed by atoms with van der Waals surface area (Å²) in [4.78, 5) is 17.3. The molecule has 0 aromatic carbocycles. The van der Waals surface area contributed by atoms with Crippen molar-refractivity contribution in [3.05, 3.63) is 0 Å². The lowest BCUT2D eigenvalue weighted by Gasteiger charge is -2.40. The van der Waals surface area contributed by atoms with Crippen LogP contribution < -0.4 is 5.32 Å². The van der Waals surface area contributed by atoms with Gasteiger partial charge in [-0.2, -0.15) is 0 Å². The molecular weight excluding hydrogens is 238 g/mol. The largest absolute Gasteiger partial charge is 0.341 e. The van der Waals surface area contributed by atoms with Crippen LogP contribution in [-0.4, -0.2) is 60.5 Å². The van der Waals surface area contributed by atoms with E-state index in [-0.39, 0.29) is 5.54 Å². The Labute approximate surface area is 117 Å². The van der Waals surface area contributed by atoms with E-state index in [1.165, 1.54) is 0 Å². The molecule has 2 rings (SSSR count). The van der Waals surface area contributed by atoms with Crippen LogP contribution >= 0.6 is 0 Å². The molecule has 2 aliphatic heterocycles. The van der Waals surface area contributed by atoms with Gasteiger partial charge in [0.1, 0.15) is 0 Å². The van der Waals surface area contributed by atoms with Crippen LogP contribution in [0.3, 0.4) is 0 Å².